The summed E-state index contributed by atoms with van der Waals surface area (Å²) in [6, 6.07) is 8.77. The van der Waals surface area contributed by atoms with Gasteiger partial charge in [0.25, 0.3) is 5.91 Å². The summed E-state index contributed by atoms with van der Waals surface area (Å²) >= 11 is 0. The number of carboxylic acid groups (broad SMARTS) is 2. The maximum Gasteiger partial charge on any atom is 0.335 e. The van der Waals surface area contributed by atoms with Gasteiger partial charge in [-0.25, -0.2) is 19.6 Å². The molecule has 2 atom stereocenters. The number of nitrogens with zero attached hydrogens (tertiary/aromatic N) is 8. The van der Waals surface area contributed by atoms with Crippen molar-refractivity contribution in [2.75, 3.05) is 18.5 Å². The summed E-state index contributed by atoms with van der Waals surface area (Å²) in [6.07, 6.45) is 4.96. The SMILES string of the molecule is CCn1nc(C)cc1C(=O)Cc1nc2cc(C(=O)O)cc3c2n1[C@@H](C/C=C/C[C@H]1COc2cc(C(=O)O)cc4nc(NC(=O)c5cc(C)nn5CC)n1c24)CO3.S.S. The van der Waals surface area contributed by atoms with Gasteiger partial charge in [-0.2, -0.15) is 37.2 Å². The number of anilines is 1. The summed E-state index contributed by atoms with van der Waals surface area (Å²) in [7, 11) is 0. The second kappa shape index (κ2) is 16.4. The lowest BCUT2D eigenvalue weighted by molar-refractivity contribution is 0.0685. The molecule has 17 nitrogen and oxygen atoms in total. The second-order valence-electron chi connectivity index (χ2n) is 13.9. The van der Waals surface area contributed by atoms with Crippen molar-refractivity contribution in [3.05, 3.63) is 88.3 Å². The average molecular weight is 830 g/mol. The number of imidazole rings is 2. The zero-order valence-electron chi connectivity index (χ0n) is 32.1. The quantitative estimate of drug-likeness (QED) is 0.0954. The Morgan fingerprint density at radius 2 is 1.24 bits per heavy atom. The Balaban J connectivity index is 0.00000283. The number of amides is 1. The molecule has 2 aromatic carbocycles. The van der Waals surface area contributed by atoms with Crippen molar-refractivity contribution in [2.24, 2.45) is 0 Å². The number of nitrogens with one attached hydrogen (secondary N) is 1. The molecule has 8 rings (SSSR count). The summed E-state index contributed by atoms with van der Waals surface area (Å²) in [5.41, 5.74) is 4.33. The lowest BCUT2D eigenvalue weighted by Crippen LogP contribution is -2.26. The van der Waals surface area contributed by atoms with Gasteiger partial charge in [0.05, 0.1) is 52.1 Å². The molecule has 0 aliphatic carbocycles. The monoisotopic (exact) mass is 829 g/mol. The largest absolute Gasteiger partial charge is 0.489 e. The Kier molecular flexibility index (Phi) is 11.8. The Morgan fingerprint density at radius 3 is 1.79 bits per heavy atom. The molecule has 0 bridgehead atoms. The van der Waals surface area contributed by atoms with Crippen LogP contribution < -0.4 is 14.8 Å². The fourth-order valence-electron chi connectivity index (χ4n) is 7.62. The van der Waals surface area contributed by atoms with Gasteiger partial charge in [0.2, 0.25) is 5.95 Å². The first kappa shape index (κ1) is 41.6. The molecule has 0 saturated carbocycles. The molecule has 0 fully saturated rings. The minimum atomic E-state index is -1.12. The summed E-state index contributed by atoms with van der Waals surface area (Å²) in [5.74, 6) is -1.29. The number of carbonyl (C=O) groups is 4. The lowest BCUT2D eigenvalue weighted by atomic mass is 10.1. The molecule has 19 heteroatoms. The highest BCUT2D eigenvalue weighted by molar-refractivity contribution is 7.59. The van der Waals surface area contributed by atoms with Crippen molar-refractivity contribution in [3.63, 3.8) is 0 Å². The first-order chi connectivity index (χ1) is 26.9. The number of carbonyl (C=O) groups excluding carboxylic acids is 2. The van der Waals surface area contributed by atoms with E-state index in [0.29, 0.717) is 82.4 Å². The molecule has 2 aliphatic rings. The van der Waals surface area contributed by atoms with Gasteiger partial charge in [-0.3, -0.25) is 28.8 Å². The number of aromatic nitrogens is 8. The Morgan fingerprint density at radius 1 is 0.741 bits per heavy atom. The van der Waals surface area contributed by atoms with Crippen LogP contribution in [0.3, 0.4) is 0 Å². The highest BCUT2D eigenvalue weighted by Crippen LogP contribution is 2.40. The number of ether oxygens (including phenoxy) is 2. The van der Waals surface area contributed by atoms with Crippen LogP contribution in [0.15, 0.2) is 48.6 Å². The van der Waals surface area contributed by atoms with Crippen LogP contribution in [0.25, 0.3) is 22.1 Å². The molecule has 58 heavy (non-hydrogen) atoms. The van der Waals surface area contributed by atoms with E-state index in [1.807, 2.05) is 49.0 Å². The van der Waals surface area contributed by atoms with Crippen LogP contribution in [0.1, 0.15) is 97.7 Å². The highest BCUT2D eigenvalue weighted by atomic mass is 32.1. The van der Waals surface area contributed by atoms with Crippen molar-refractivity contribution in [1.82, 2.24) is 38.7 Å². The fourth-order valence-corrected chi connectivity index (χ4v) is 7.62. The van der Waals surface area contributed by atoms with Crippen LogP contribution in [-0.2, 0) is 19.5 Å². The predicted molar refractivity (Wildman–Crippen MR) is 223 cm³/mol. The molecule has 0 radical (unpaired) electrons. The van der Waals surface area contributed by atoms with Crippen LogP contribution in [0.2, 0.25) is 0 Å². The number of carboxylic acids is 2. The van der Waals surface area contributed by atoms with Crippen molar-refractivity contribution >= 4 is 78.6 Å². The number of aromatic carboxylic acids is 2. The molecule has 0 spiro atoms. The van der Waals surface area contributed by atoms with E-state index in [1.54, 1.807) is 21.5 Å². The molecule has 3 N–H and O–H groups in total. The summed E-state index contributed by atoms with van der Waals surface area (Å²) in [5, 5.41) is 31.2. The predicted octanol–water partition coefficient (Wildman–Crippen LogP) is 5.64. The number of benzene rings is 2. The van der Waals surface area contributed by atoms with Gasteiger partial charge in [-0.15, -0.1) is 0 Å². The summed E-state index contributed by atoms with van der Waals surface area (Å²) < 4.78 is 19.3. The molecule has 4 aromatic heterocycles. The van der Waals surface area contributed by atoms with Gasteiger partial charge >= 0.3 is 11.9 Å². The van der Waals surface area contributed by atoms with Crippen molar-refractivity contribution < 1.29 is 38.9 Å². The average Bonchev–Trinajstić information content (AvgIpc) is 3.95. The maximum absolute atomic E-state index is 13.6. The molecule has 2 aliphatic heterocycles. The summed E-state index contributed by atoms with van der Waals surface area (Å²) in [6.45, 7) is 8.88. The number of aryl methyl sites for hydroxylation is 4. The topological polar surface area (TPSA) is 211 Å². The first-order valence-electron chi connectivity index (χ1n) is 18.3. The van der Waals surface area contributed by atoms with Crippen LogP contribution >= 0.6 is 27.0 Å². The van der Waals surface area contributed by atoms with Crippen LogP contribution in [0.4, 0.5) is 5.95 Å². The minimum absolute atomic E-state index is 0. The number of ketones is 1. The van der Waals surface area contributed by atoms with Crippen molar-refractivity contribution in [3.8, 4) is 11.5 Å². The number of hydrogen-bond donors (Lipinski definition) is 3. The van der Waals surface area contributed by atoms with Crippen molar-refractivity contribution in [1.29, 1.82) is 0 Å². The Bertz CT molecular complexity index is 2460. The van der Waals surface area contributed by atoms with Crippen molar-refractivity contribution in [2.45, 2.75) is 72.1 Å². The van der Waals surface area contributed by atoms with Gasteiger partial charge in [0.15, 0.2) is 5.78 Å². The zero-order valence-corrected chi connectivity index (χ0v) is 34.1. The number of rotatable bonds is 13. The van der Waals surface area contributed by atoms with E-state index in [4.69, 9.17) is 14.5 Å². The van der Waals surface area contributed by atoms with Gasteiger partial charge in [0, 0.05) is 13.1 Å². The van der Waals surface area contributed by atoms with Crippen LogP contribution in [-0.4, -0.2) is 85.7 Å². The molecule has 1 amide bonds. The number of hydrogen-bond acceptors (Lipinski definition) is 10. The van der Waals surface area contributed by atoms with E-state index in [1.165, 1.54) is 24.3 Å². The van der Waals surface area contributed by atoms with E-state index in [9.17, 15) is 29.4 Å². The van der Waals surface area contributed by atoms with E-state index in [-0.39, 0.29) is 81.6 Å². The van der Waals surface area contributed by atoms with Gasteiger partial charge in [0.1, 0.15) is 53.0 Å². The maximum atomic E-state index is 13.6. The minimum Gasteiger partial charge on any atom is -0.489 e. The standard InChI is InChI=1S/C39H39N9O8.2H2S/c1-5-45-28(11-20(3)43-45)30(49)17-33-40-26-13-22(37(51)52)15-31-34(26)47(33)24(18-55-31)9-7-8-10-25-19-56-32-16-23(38(53)54)14-27-35(32)48(25)39(41-27)42-36(50)29-12-21(4)44-46(29)6-2;;/h7-8,11-16,24-25H,5-6,9-10,17-19H2,1-4H3,(H,51,52)(H,53,54)(H,41,42,50);2*1H2/b8-7+;;/t24-,25-;;/m0../s1. The highest BCUT2D eigenvalue weighted by Gasteiger charge is 2.31. The summed E-state index contributed by atoms with van der Waals surface area (Å²) in [4.78, 5) is 60.4. The number of Topliss-reactive ketones (excluding diaryl/α,β-unsaturated/α-hetero) is 1. The van der Waals surface area contributed by atoms with E-state index < -0.39 is 17.8 Å². The Labute approximate surface area is 345 Å². The third-order valence-corrected chi connectivity index (χ3v) is 10.1. The van der Waals surface area contributed by atoms with E-state index >= 15 is 0 Å². The van der Waals surface area contributed by atoms with Gasteiger partial charge in [-0.1, -0.05) is 12.2 Å². The molecular weight excluding hydrogens is 787 g/mol. The molecule has 0 saturated heterocycles. The molecule has 0 unspecified atom stereocenters. The first-order valence-corrected chi connectivity index (χ1v) is 18.3. The molecule has 6 heterocycles. The molecule has 304 valence electrons. The second-order valence-corrected chi connectivity index (χ2v) is 13.9. The lowest BCUT2D eigenvalue weighted by Gasteiger charge is -2.27. The number of allylic oxidation sites excluding steroid dienone is 2. The molecule has 6 aromatic rings. The third kappa shape index (κ3) is 7.42. The third-order valence-electron chi connectivity index (χ3n) is 10.1. The van der Waals surface area contributed by atoms with Crippen LogP contribution in [0, 0.1) is 13.8 Å². The van der Waals surface area contributed by atoms with E-state index in [0.717, 1.165) is 5.69 Å². The van der Waals surface area contributed by atoms with Crippen LogP contribution in [0.5, 0.6) is 11.5 Å². The Hall–Kier alpha value is -6.08. The van der Waals surface area contributed by atoms with Gasteiger partial charge < -0.3 is 24.3 Å². The zero-order chi connectivity index (χ0) is 39.4. The fraction of sp³-hybridized carbons (Fsp3) is 0.333. The van der Waals surface area contributed by atoms with E-state index in [2.05, 4.69) is 20.5 Å². The van der Waals surface area contributed by atoms with Gasteiger partial charge in [-0.05, 0) is 76.9 Å². The smallest absolute Gasteiger partial charge is 0.335 e. The normalized spacial score (nSPS) is 15.4. The molecular formula is C39H43N9O8S2.